The number of amides is 3. The van der Waals surface area contributed by atoms with Crippen LogP contribution in [-0.2, 0) is 17.5 Å². The van der Waals surface area contributed by atoms with Crippen molar-refractivity contribution >= 4 is 62.4 Å². The van der Waals surface area contributed by atoms with Crippen LogP contribution in [0.2, 0.25) is 0 Å². The molecular formula is C32H33BrF6N8O3. The number of likely N-dealkylation sites (N-methyl/N-ethyl adjacent to an activating group) is 1. The third-order valence-electron chi connectivity index (χ3n) is 8.53. The standard InChI is InChI=1S/C32H33BrF6N8O3/c1-6-27(48)41-23-12-24(26(50-5)13-25(23)45-10-9-20(16-45)44(3)4)42-29-40-14-18-15-46(17(2)31(34,35)36)30(49)47(28(18)43-29)19-7-8-21(22(33)11-19)32(37,38)39/h6-8,11-14,17,20H,1,9-10,15-16H2,2-5H3,(H,41,48)(H,40,42,43)/t17-,20+/m0/s1. The molecular weight excluding hydrogens is 738 g/mol. The lowest BCUT2D eigenvalue weighted by Gasteiger charge is -2.39. The molecule has 11 nitrogen and oxygen atoms in total. The van der Waals surface area contributed by atoms with Gasteiger partial charge in [-0.2, -0.15) is 31.3 Å². The van der Waals surface area contributed by atoms with Gasteiger partial charge in [0, 0.05) is 41.4 Å². The molecule has 0 spiro atoms. The third kappa shape index (κ3) is 7.45. The van der Waals surface area contributed by atoms with Crippen LogP contribution in [0.25, 0.3) is 0 Å². The number of ether oxygens (including phenoxy) is 1. The Hall–Kier alpha value is -4.58. The van der Waals surface area contributed by atoms with E-state index in [0.29, 0.717) is 41.2 Å². The molecule has 0 saturated carbocycles. The molecule has 50 heavy (non-hydrogen) atoms. The number of aromatic nitrogens is 2. The van der Waals surface area contributed by atoms with Crippen molar-refractivity contribution in [1.29, 1.82) is 0 Å². The molecule has 2 aromatic carbocycles. The number of anilines is 6. The van der Waals surface area contributed by atoms with Crippen molar-refractivity contribution in [2.24, 2.45) is 0 Å². The Morgan fingerprint density at radius 3 is 2.46 bits per heavy atom. The van der Waals surface area contributed by atoms with Gasteiger partial charge in [0.15, 0.2) is 5.82 Å². The van der Waals surface area contributed by atoms with Crippen molar-refractivity contribution in [2.45, 2.75) is 44.3 Å². The number of rotatable bonds is 9. The predicted molar refractivity (Wildman–Crippen MR) is 179 cm³/mol. The van der Waals surface area contributed by atoms with Gasteiger partial charge in [-0.15, -0.1) is 0 Å². The zero-order valence-corrected chi connectivity index (χ0v) is 28.9. The number of hydrogen-bond donors (Lipinski definition) is 2. The lowest BCUT2D eigenvalue weighted by Crippen LogP contribution is -2.53. The van der Waals surface area contributed by atoms with E-state index in [1.807, 2.05) is 14.1 Å². The maximum absolute atomic E-state index is 13.8. The van der Waals surface area contributed by atoms with E-state index in [1.165, 1.54) is 13.3 Å². The Morgan fingerprint density at radius 1 is 1.16 bits per heavy atom. The van der Waals surface area contributed by atoms with Gasteiger partial charge in [-0.1, -0.05) is 22.5 Å². The Morgan fingerprint density at radius 2 is 1.88 bits per heavy atom. The molecule has 3 aromatic rings. The Labute approximate surface area is 292 Å². The van der Waals surface area contributed by atoms with Crippen LogP contribution in [0.3, 0.4) is 0 Å². The highest BCUT2D eigenvalue weighted by atomic mass is 79.9. The summed E-state index contributed by atoms with van der Waals surface area (Å²) < 4.78 is 87.3. The van der Waals surface area contributed by atoms with Crippen molar-refractivity contribution < 1.29 is 40.7 Å². The second kappa shape index (κ2) is 14.0. The number of methoxy groups -OCH3 is 1. The van der Waals surface area contributed by atoms with Gasteiger partial charge in [0.1, 0.15) is 11.8 Å². The van der Waals surface area contributed by atoms with Crippen LogP contribution in [0.4, 0.5) is 65.7 Å². The number of urea groups is 1. The van der Waals surface area contributed by atoms with Gasteiger partial charge >= 0.3 is 18.4 Å². The van der Waals surface area contributed by atoms with Crippen molar-refractivity contribution in [2.75, 3.05) is 54.7 Å². The van der Waals surface area contributed by atoms with Crippen molar-refractivity contribution in [1.82, 2.24) is 19.8 Å². The smallest absolute Gasteiger partial charge is 0.417 e. The highest BCUT2D eigenvalue weighted by molar-refractivity contribution is 9.10. The topological polar surface area (TPSA) is 106 Å². The van der Waals surface area contributed by atoms with Crippen molar-refractivity contribution in [3.8, 4) is 5.75 Å². The van der Waals surface area contributed by atoms with Crippen LogP contribution in [0.5, 0.6) is 5.75 Å². The van der Waals surface area contributed by atoms with Gasteiger partial charge < -0.3 is 30.1 Å². The molecule has 0 bridgehead atoms. The van der Waals surface area contributed by atoms with Crippen molar-refractivity contribution in [3.63, 3.8) is 0 Å². The first-order chi connectivity index (χ1) is 23.4. The summed E-state index contributed by atoms with van der Waals surface area (Å²) >= 11 is 2.88. The molecule has 1 saturated heterocycles. The summed E-state index contributed by atoms with van der Waals surface area (Å²) in [6.45, 7) is 5.20. The first-order valence-electron chi connectivity index (χ1n) is 15.2. The van der Waals surface area contributed by atoms with Crippen LogP contribution in [0.15, 0.2) is 53.7 Å². The number of hydrogen-bond acceptors (Lipinski definition) is 8. The van der Waals surface area contributed by atoms with Crippen LogP contribution in [0.1, 0.15) is 24.5 Å². The molecule has 2 aliphatic heterocycles. The van der Waals surface area contributed by atoms with Gasteiger partial charge in [0.05, 0.1) is 42.0 Å². The summed E-state index contributed by atoms with van der Waals surface area (Å²) in [5.41, 5.74) is 0.279. The molecule has 1 aromatic heterocycles. The maximum Gasteiger partial charge on any atom is 0.417 e. The summed E-state index contributed by atoms with van der Waals surface area (Å²) in [5, 5.41) is 5.80. The summed E-state index contributed by atoms with van der Waals surface area (Å²) in [6.07, 6.45) is -6.30. The summed E-state index contributed by atoms with van der Waals surface area (Å²) in [7, 11) is 5.41. The van der Waals surface area contributed by atoms with Gasteiger partial charge in [-0.25, -0.2) is 14.7 Å². The lowest BCUT2D eigenvalue weighted by molar-refractivity contribution is -0.172. The second-order valence-electron chi connectivity index (χ2n) is 11.9. The number of nitrogens with zero attached hydrogens (tertiary/aromatic N) is 6. The van der Waals surface area contributed by atoms with E-state index in [-0.39, 0.29) is 34.7 Å². The van der Waals surface area contributed by atoms with Crippen LogP contribution in [0, 0.1) is 0 Å². The first kappa shape index (κ1) is 36.7. The predicted octanol–water partition coefficient (Wildman–Crippen LogP) is 7.30. The fourth-order valence-corrected chi connectivity index (χ4v) is 6.29. The number of carbonyl (C=O) groups is 2. The van der Waals surface area contributed by atoms with E-state index >= 15 is 0 Å². The largest absolute Gasteiger partial charge is 0.494 e. The minimum atomic E-state index is -4.80. The number of benzene rings is 2. The van der Waals surface area contributed by atoms with E-state index in [4.69, 9.17) is 4.74 Å². The summed E-state index contributed by atoms with van der Waals surface area (Å²) in [4.78, 5) is 40.4. The van der Waals surface area contributed by atoms with Gasteiger partial charge in [-0.3, -0.25) is 4.79 Å². The molecule has 2 atom stereocenters. The van der Waals surface area contributed by atoms with Crippen LogP contribution in [-0.4, -0.2) is 84.3 Å². The normalized spacial score (nSPS) is 17.2. The number of carbonyl (C=O) groups excluding carboxylic acids is 2. The Balaban J connectivity index is 1.58. The number of nitrogens with one attached hydrogen (secondary N) is 2. The number of fused-ring (bicyclic) bond motifs is 1. The molecule has 0 aliphatic carbocycles. The molecule has 2 aliphatic rings. The maximum atomic E-state index is 13.8. The monoisotopic (exact) mass is 770 g/mol. The molecule has 2 N–H and O–H groups in total. The van der Waals surface area contributed by atoms with Crippen LogP contribution < -0.4 is 25.2 Å². The minimum Gasteiger partial charge on any atom is -0.494 e. The zero-order valence-electron chi connectivity index (χ0n) is 27.3. The minimum absolute atomic E-state index is 0.105. The fraction of sp³-hybridized carbons (Fsp3) is 0.375. The Kier molecular flexibility index (Phi) is 10.3. The van der Waals surface area contributed by atoms with E-state index in [1.54, 1.807) is 12.1 Å². The second-order valence-corrected chi connectivity index (χ2v) is 12.8. The average Bonchev–Trinajstić information content (AvgIpc) is 3.54. The molecule has 0 radical (unpaired) electrons. The highest BCUT2D eigenvalue weighted by Gasteiger charge is 2.46. The summed E-state index contributed by atoms with van der Waals surface area (Å²) in [6, 6.07) is 2.88. The highest BCUT2D eigenvalue weighted by Crippen LogP contribution is 2.43. The molecule has 18 heteroatoms. The van der Waals surface area contributed by atoms with Crippen LogP contribution >= 0.6 is 15.9 Å². The first-order valence-corrected chi connectivity index (χ1v) is 16.0. The third-order valence-corrected chi connectivity index (χ3v) is 9.19. The molecule has 3 heterocycles. The fourth-order valence-electron chi connectivity index (χ4n) is 5.70. The molecule has 1 fully saturated rings. The molecule has 268 valence electrons. The lowest BCUT2D eigenvalue weighted by atomic mass is 10.1. The quantitative estimate of drug-likeness (QED) is 0.173. The van der Waals surface area contributed by atoms with Gasteiger partial charge in [-0.05, 0) is 57.8 Å². The average molecular weight is 772 g/mol. The molecule has 3 amide bonds. The zero-order chi connectivity index (χ0) is 36.7. The van der Waals surface area contributed by atoms with E-state index in [9.17, 15) is 35.9 Å². The van der Waals surface area contributed by atoms with Crippen molar-refractivity contribution in [3.05, 3.63) is 64.8 Å². The van der Waals surface area contributed by atoms with E-state index in [2.05, 4.69) is 52.9 Å². The van der Waals surface area contributed by atoms with Gasteiger partial charge in [0.2, 0.25) is 11.9 Å². The molecule has 5 rings (SSSR count). The number of halogens is 7. The van der Waals surface area contributed by atoms with E-state index in [0.717, 1.165) is 36.5 Å². The summed E-state index contributed by atoms with van der Waals surface area (Å²) in [5.74, 6) is -0.403. The number of alkyl halides is 6. The Bertz CT molecular complexity index is 1800. The van der Waals surface area contributed by atoms with Gasteiger partial charge in [0.25, 0.3) is 0 Å². The molecule has 0 unspecified atom stereocenters. The van der Waals surface area contributed by atoms with E-state index < -0.39 is 46.9 Å². The SMILES string of the molecule is C=CC(=O)Nc1cc(Nc2ncc3c(n2)N(c2ccc(C(F)(F)F)c(Br)c2)C(=O)N([C@@H](C)C(F)(F)F)C3)c(OC)cc1N1CC[C@@H](N(C)C)C1.